The van der Waals surface area contributed by atoms with Crippen molar-refractivity contribution in [3.63, 3.8) is 0 Å². The van der Waals surface area contributed by atoms with Crippen molar-refractivity contribution >= 4 is 117 Å². The van der Waals surface area contributed by atoms with Crippen LogP contribution in [0.3, 0.4) is 0 Å². The first kappa shape index (κ1) is 53.3. The number of carbonyl (C=O) groups is 8. The molecular weight excluding hydrogens is 995 g/mol. The van der Waals surface area contributed by atoms with Gasteiger partial charge < -0.3 is 40.6 Å². The number of rotatable bonds is 16. The smallest absolute Gasteiger partial charge is 0.543 e. The minimum atomic E-state index is -1.48. The van der Waals surface area contributed by atoms with Crippen LogP contribution in [-0.2, 0) is 64.0 Å². The standard InChI is InChI=1S/2C20H17N3O6S3.2Na/c2*24-13(6-10-4-2-1-3-5-10)22-15-17(27)23-16(19(28)29)12(9-30-18(15)23)32-20-21-11(8-31-20)7-14(25)26;;/h2*1-5,8,15,18H,6-7,9H2,(H,22,24)(H,25,26)(H,28,29);;/q;;2*+1/p-2/t2*15-,18-;;/m11../s1. The topological polar surface area (TPSA) is 279 Å². The number of benzene rings is 2. The van der Waals surface area contributed by atoms with Crippen LogP contribution in [0.2, 0.25) is 0 Å². The molecule has 4 atom stereocenters. The number of nitrogens with one attached hydrogen (secondary N) is 2. The van der Waals surface area contributed by atoms with Crippen molar-refractivity contribution in [2.24, 2.45) is 0 Å². The molecule has 6 heterocycles. The van der Waals surface area contributed by atoms with Crippen LogP contribution in [0.1, 0.15) is 22.5 Å². The summed E-state index contributed by atoms with van der Waals surface area (Å²) in [6.45, 7) is 0. The number of thioether (sulfide) groups is 4. The zero-order valence-electron chi connectivity index (χ0n) is 34.7. The zero-order chi connectivity index (χ0) is 45.7. The van der Waals surface area contributed by atoms with E-state index >= 15 is 0 Å². The van der Waals surface area contributed by atoms with E-state index in [-0.39, 0.29) is 108 Å². The molecule has 2 fully saturated rings. The Balaban J connectivity index is 0.000000240. The second kappa shape index (κ2) is 24.1. The molecule has 0 unspecified atom stereocenters. The molecule has 2 saturated heterocycles. The van der Waals surface area contributed by atoms with Crippen LogP contribution in [0.15, 0.2) is 101 Å². The van der Waals surface area contributed by atoms with E-state index in [2.05, 4.69) is 20.6 Å². The van der Waals surface area contributed by atoms with Crippen molar-refractivity contribution in [2.45, 2.75) is 57.2 Å². The van der Waals surface area contributed by atoms with Crippen molar-refractivity contribution in [3.8, 4) is 0 Å². The molecule has 18 nitrogen and oxygen atoms in total. The van der Waals surface area contributed by atoms with Gasteiger partial charge in [-0.25, -0.2) is 9.97 Å². The maximum absolute atomic E-state index is 12.7. The van der Waals surface area contributed by atoms with Crippen molar-refractivity contribution in [3.05, 3.63) is 115 Å². The average Bonchev–Trinajstić information content (AvgIpc) is 3.89. The summed E-state index contributed by atoms with van der Waals surface area (Å²) in [5, 5.41) is 49.0. The van der Waals surface area contributed by atoms with Crippen molar-refractivity contribution in [1.29, 1.82) is 0 Å². The minimum Gasteiger partial charge on any atom is -0.543 e. The number of fused-ring (bicyclic) bond motifs is 2. The summed E-state index contributed by atoms with van der Waals surface area (Å²) in [7, 11) is 0. The molecule has 0 bridgehead atoms. The third-order valence-corrected chi connectivity index (χ3v) is 16.5. The molecule has 0 spiro atoms. The number of β-lactam (4-membered cyclic amide) rings is 2. The average molecular weight is 1030 g/mol. The Morgan fingerprint density at radius 2 is 0.985 bits per heavy atom. The molecule has 0 radical (unpaired) electrons. The summed E-state index contributed by atoms with van der Waals surface area (Å²) in [6.07, 6.45) is -0.214. The molecule has 4 aliphatic rings. The third-order valence-electron chi connectivity index (χ3n) is 9.45. The molecule has 2 aromatic heterocycles. The molecule has 0 aliphatic carbocycles. The van der Waals surface area contributed by atoms with Gasteiger partial charge in [0.25, 0.3) is 11.8 Å². The van der Waals surface area contributed by atoms with Gasteiger partial charge in [-0.05, 0) is 11.1 Å². The molecule has 26 heteroatoms. The Morgan fingerprint density at radius 3 is 1.32 bits per heavy atom. The van der Waals surface area contributed by atoms with Gasteiger partial charge in [0.05, 0.1) is 60.4 Å². The first-order valence-electron chi connectivity index (χ1n) is 18.8. The number of aromatic nitrogens is 2. The molecule has 0 saturated carbocycles. The molecule has 4 aromatic rings. The fourth-order valence-corrected chi connectivity index (χ4v) is 13.6. The number of thiazole rings is 2. The number of amides is 4. The molecular formula is C40H32N6Na2O12S6. The van der Waals surface area contributed by atoms with Crippen LogP contribution in [0.4, 0.5) is 0 Å². The van der Waals surface area contributed by atoms with E-state index in [1.807, 2.05) is 60.7 Å². The molecule has 8 rings (SSSR count). The number of aliphatic carboxylic acids is 4. The van der Waals surface area contributed by atoms with E-state index in [1.54, 1.807) is 10.8 Å². The van der Waals surface area contributed by atoms with Crippen LogP contribution in [-0.4, -0.2) is 112 Å². The third kappa shape index (κ3) is 12.9. The summed E-state index contributed by atoms with van der Waals surface area (Å²) in [5.41, 5.74) is 1.92. The van der Waals surface area contributed by atoms with Crippen LogP contribution in [0.5, 0.6) is 0 Å². The van der Waals surface area contributed by atoms with Crippen LogP contribution < -0.4 is 80.0 Å². The molecule has 66 heavy (non-hydrogen) atoms. The van der Waals surface area contributed by atoms with Gasteiger partial charge in [-0.1, -0.05) is 84.2 Å². The summed E-state index contributed by atoms with van der Waals surface area (Å²) >= 11 is 7.24. The minimum absolute atomic E-state index is 0. The second-order valence-corrected chi connectivity index (χ2v) is 20.5. The maximum atomic E-state index is 12.7. The quantitative estimate of drug-likeness (QED) is 0.0604. The first-order chi connectivity index (χ1) is 30.7. The van der Waals surface area contributed by atoms with E-state index < -0.39 is 58.5 Å². The molecule has 4 aliphatic heterocycles. The van der Waals surface area contributed by atoms with Crippen molar-refractivity contribution < 1.29 is 118 Å². The van der Waals surface area contributed by atoms with Gasteiger partial charge in [-0.2, -0.15) is 0 Å². The summed E-state index contributed by atoms with van der Waals surface area (Å²) in [4.78, 5) is 107. The Morgan fingerprint density at radius 1 is 0.621 bits per heavy atom. The number of carbonyl (C=O) groups excluding carboxylic acids is 6. The van der Waals surface area contributed by atoms with Crippen LogP contribution in [0, 0.1) is 0 Å². The van der Waals surface area contributed by atoms with Crippen LogP contribution in [0.25, 0.3) is 0 Å². The van der Waals surface area contributed by atoms with E-state index in [0.29, 0.717) is 41.4 Å². The fourth-order valence-electron chi connectivity index (χ4n) is 6.68. The number of carboxylic acids is 4. The van der Waals surface area contributed by atoms with Gasteiger partial charge in [0.2, 0.25) is 11.8 Å². The monoisotopic (exact) mass is 1030 g/mol. The summed E-state index contributed by atoms with van der Waals surface area (Å²) in [5.74, 6) is -6.05. The van der Waals surface area contributed by atoms with Gasteiger partial charge in [-0.15, -0.1) is 46.2 Å². The van der Waals surface area contributed by atoms with E-state index in [4.69, 9.17) is 10.2 Å². The predicted molar refractivity (Wildman–Crippen MR) is 233 cm³/mol. The first-order valence-corrected chi connectivity index (χ1v) is 24.3. The number of hydrogen-bond acceptors (Lipinski definition) is 18. The van der Waals surface area contributed by atoms with Gasteiger partial charge in [0, 0.05) is 32.1 Å². The Kier molecular flexibility index (Phi) is 19.4. The summed E-state index contributed by atoms with van der Waals surface area (Å²) < 4.78 is 0.962. The SMILES string of the molecule is O=C(O)Cc1csc(SC2=C(C(=O)[O-])N3C(=O)[C@@H](NC(=O)Cc4ccccc4)[C@H]3SC2)n1.O=C(O)Cc1csc(SC2=C(C(=O)[O-])N3C(=O)[C@@H](NC(=O)Cc4ccccc4)[C@H]3SC2)n1.[Na+].[Na+]. The molecule has 4 N–H and O–H groups in total. The van der Waals surface area contributed by atoms with E-state index in [0.717, 1.165) is 44.5 Å². The molecule has 2 aromatic carbocycles. The maximum Gasteiger partial charge on any atom is 1.00 e. The predicted octanol–water partition coefficient (Wildman–Crippen LogP) is -5.06. The molecule has 332 valence electrons. The van der Waals surface area contributed by atoms with Gasteiger partial charge in [-0.3, -0.25) is 38.6 Å². The van der Waals surface area contributed by atoms with Gasteiger partial charge in [0.15, 0.2) is 8.68 Å². The Labute approximate surface area is 444 Å². The number of nitrogens with zero attached hydrogens (tertiary/aromatic N) is 4. The zero-order valence-corrected chi connectivity index (χ0v) is 43.6. The van der Waals surface area contributed by atoms with E-state index in [1.165, 1.54) is 46.2 Å². The van der Waals surface area contributed by atoms with Crippen molar-refractivity contribution in [1.82, 2.24) is 30.4 Å². The van der Waals surface area contributed by atoms with Gasteiger partial charge >= 0.3 is 71.1 Å². The van der Waals surface area contributed by atoms with Gasteiger partial charge in [0.1, 0.15) is 22.8 Å². The number of carboxylic acid groups (broad SMARTS) is 4. The van der Waals surface area contributed by atoms with Crippen LogP contribution >= 0.6 is 69.7 Å². The largest absolute Gasteiger partial charge is 1.00 e. The summed E-state index contributed by atoms with van der Waals surface area (Å²) in [6, 6.07) is 16.6. The van der Waals surface area contributed by atoms with Crippen molar-refractivity contribution in [2.75, 3.05) is 11.5 Å². The normalized spacial score (nSPS) is 19.3. The Bertz CT molecular complexity index is 2420. The molecule has 4 amide bonds. The fraction of sp³-hybridized carbons (Fsp3) is 0.250. The number of hydrogen-bond donors (Lipinski definition) is 4. The second-order valence-electron chi connectivity index (χ2n) is 13.9. The van der Waals surface area contributed by atoms with E-state index in [9.17, 15) is 48.6 Å². The Hall–Kier alpha value is -3.66.